The van der Waals surface area contributed by atoms with E-state index in [0.717, 1.165) is 55.4 Å². The van der Waals surface area contributed by atoms with Gasteiger partial charge in [0.1, 0.15) is 5.01 Å². The lowest BCUT2D eigenvalue weighted by Crippen LogP contribution is -2.37. The second-order valence-electron chi connectivity index (χ2n) is 6.18. The van der Waals surface area contributed by atoms with Gasteiger partial charge in [0.15, 0.2) is 5.96 Å². The SMILES string of the molecule is CCNC(=NCc1nc(C(C)C)cs1)NCCCCCCC(=O)OC.I. The summed E-state index contributed by atoms with van der Waals surface area (Å²) in [5.74, 6) is 1.17. The topological polar surface area (TPSA) is 75.6 Å². The van der Waals surface area contributed by atoms with E-state index in [9.17, 15) is 4.79 Å². The summed E-state index contributed by atoms with van der Waals surface area (Å²) in [5, 5.41) is 9.78. The van der Waals surface area contributed by atoms with Crippen molar-refractivity contribution >= 4 is 47.2 Å². The van der Waals surface area contributed by atoms with Crippen LogP contribution in [0.3, 0.4) is 0 Å². The maximum Gasteiger partial charge on any atom is 0.305 e. The van der Waals surface area contributed by atoms with Crippen LogP contribution in [0.15, 0.2) is 10.4 Å². The Morgan fingerprint density at radius 3 is 2.62 bits per heavy atom. The minimum Gasteiger partial charge on any atom is -0.469 e. The van der Waals surface area contributed by atoms with Crippen LogP contribution < -0.4 is 10.6 Å². The number of hydrogen-bond acceptors (Lipinski definition) is 5. The van der Waals surface area contributed by atoms with Gasteiger partial charge in [-0.2, -0.15) is 0 Å². The number of aliphatic imine (C=N–C) groups is 1. The molecule has 0 amide bonds. The molecule has 0 bridgehead atoms. The Bertz CT molecular complexity index is 535. The number of guanidine groups is 1. The van der Waals surface area contributed by atoms with Gasteiger partial charge in [0, 0.05) is 24.9 Å². The summed E-state index contributed by atoms with van der Waals surface area (Å²) < 4.78 is 4.63. The predicted octanol–water partition coefficient (Wildman–Crippen LogP) is 4.06. The number of esters is 1. The number of ether oxygens (including phenoxy) is 1. The fourth-order valence-electron chi connectivity index (χ4n) is 2.21. The number of carbonyl (C=O) groups is 1. The number of unbranched alkanes of at least 4 members (excludes halogenated alkanes) is 3. The van der Waals surface area contributed by atoms with Crippen LogP contribution in [0.5, 0.6) is 0 Å². The van der Waals surface area contributed by atoms with E-state index in [1.165, 1.54) is 7.11 Å². The molecule has 2 N–H and O–H groups in total. The number of rotatable bonds is 11. The zero-order valence-electron chi connectivity index (χ0n) is 16.3. The van der Waals surface area contributed by atoms with Crippen LogP contribution in [0, 0.1) is 0 Å². The molecule has 0 aliphatic heterocycles. The van der Waals surface area contributed by atoms with E-state index in [1.807, 2.05) is 0 Å². The van der Waals surface area contributed by atoms with Gasteiger partial charge < -0.3 is 15.4 Å². The van der Waals surface area contributed by atoms with Crippen molar-refractivity contribution < 1.29 is 9.53 Å². The Kier molecular flexibility index (Phi) is 14.7. The van der Waals surface area contributed by atoms with Gasteiger partial charge in [0.2, 0.25) is 0 Å². The largest absolute Gasteiger partial charge is 0.469 e. The van der Waals surface area contributed by atoms with E-state index < -0.39 is 0 Å². The number of methoxy groups -OCH3 is 1. The summed E-state index contributed by atoms with van der Waals surface area (Å²) in [4.78, 5) is 20.2. The molecule has 0 aliphatic rings. The molecule has 0 radical (unpaired) electrons. The molecule has 0 atom stereocenters. The van der Waals surface area contributed by atoms with Crippen molar-refractivity contribution in [3.05, 3.63) is 16.1 Å². The molecule has 1 aromatic rings. The van der Waals surface area contributed by atoms with Crippen molar-refractivity contribution in [1.82, 2.24) is 15.6 Å². The molecular weight excluding hydrogens is 463 g/mol. The average Bonchev–Trinajstić information content (AvgIpc) is 3.07. The first kappa shape index (κ1) is 25.1. The Balaban J connectivity index is 0.00000625. The second-order valence-corrected chi connectivity index (χ2v) is 7.13. The maximum atomic E-state index is 11.0. The quantitative estimate of drug-likeness (QED) is 0.159. The van der Waals surface area contributed by atoms with Gasteiger partial charge in [-0.3, -0.25) is 4.79 Å². The minimum atomic E-state index is -0.123. The van der Waals surface area contributed by atoms with Gasteiger partial charge in [-0.1, -0.05) is 26.7 Å². The maximum absolute atomic E-state index is 11.0. The van der Waals surface area contributed by atoms with Crippen LogP contribution in [0.4, 0.5) is 0 Å². The minimum absolute atomic E-state index is 0. The Labute approximate surface area is 178 Å². The third-order valence-electron chi connectivity index (χ3n) is 3.71. The molecular formula is C18H33IN4O2S. The molecule has 1 aromatic heterocycles. The molecule has 0 unspecified atom stereocenters. The molecule has 0 saturated carbocycles. The Morgan fingerprint density at radius 1 is 1.27 bits per heavy atom. The highest BCUT2D eigenvalue weighted by atomic mass is 127. The highest BCUT2D eigenvalue weighted by Crippen LogP contribution is 2.18. The van der Waals surface area contributed by atoms with Gasteiger partial charge in [0.25, 0.3) is 0 Å². The Hall–Kier alpha value is -0.900. The van der Waals surface area contributed by atoms with Crippen molar-refractivity contribution in [3.63, 3.8) is 0 Å². The van der Waals surface area contributed by atoms with E-state index in [0.29, 0.717) is 18.9 Å². The van der Waals surface area contributed by atoms with Gasteiger partial charge >= 0.3 is 5.97 Å². The average molecular weight is 496 g/mol. The fraction of sp³-hybridized carbons (Fsp3) is 0.722. The monoisotopic (exact) mass is 496 g/mol. The molecule has 0 aliphatic carbocycles. The number of thiazole rings is 1. The first-order valence-corrected chi connectivity index (χ1v) is 9.98. The highest BCUT2D eigenvalue weighted by Gasteiger charge is 2.05. The molecule has 6 nitrogen and oxygen atoms in total. The lowest BCUT2D eigenvalue weighted by atomic mass is 10.1. The van der Waals surface area contributed by atoms with E-state index in [1.54, 1.807) is 11.3 Å². The fourth-order valence-corrected chi connectivity index (χ4v) is 3.09. The van der Waals surface area contributed by atoms with E-state index >= 15 is 0 Å². The molecule has 0 saturated heterocycles. The van der Waals surface area contributed by atoms with Crippen LogP contribution in [-0.4, -0.2) is 37.1 Å². The summed E-state index contributed by atoms with van der Waals surface area (Å²) in [6.45, 7) is 8.67. The summed E-state index contributed by atoms with van der Waals surface area (Å²) in [5.41, 5.74) is 1.14. The Morgan fingerprint density at radius 2 is 2.00 bits per heavy atom. The lowest BCUT2D eigenvalue weighted by molar-refractivity contribution is -0.140. The van der Waals surface area contributed by atoms with Crippen LogP contribution in [-0.2, 0) is 16.1 Å². The smallest absolute Gasteiger partial charge is 0.305 e. The number of halogens is 1. The molecule has 0 spiro atoms. The van der Waals surface area contributed by atoms with Gasteiger partial charge in [-0.25, -0.2) is 9.98 Å². The first-order valence-electron chi connectivity index (χ1n) is 9.10. The van der Waals surface area contributed by atoms with Crippen molar-refractivity contribution in [3.8, 4) is 0 Å². The van der Waals surface area contributed by atoms with Gasteiger partial charge in [0.05, 0.1) is 19.3 Å². The molecule has 26 heavy (non-hydrogen) atoms. The number of aromatic nitrogens is 1. The highest BCUT2D eigenvalue weighted by molar-refractivity contribution is 14.0. The van der Waals surface area contributed by atoms with Crippen molar-refractivity contribution in [1.29, 1.82) is 0 Å². The van der Waals surface area contributed by atoms with Crippen LogP contribution in [0.2, 0.25) is 0 Å². The van der Waals surface area contributed by atoms with Crippen LogP contribution >= 0.6 is 35.3 Å². The van der Waals surface area contributed by atoms with Crippen molar-refractivity contribution in [2.75, 3.05) is 20.2 Å². The summed E-state index contributed by atoms with van der Waals surface area (Å²) >= 11 is 1.67. The van der Waals surface area contributed by atoms with E-state index in [4.69, 9.17) is 0 Å². The molecule has 1 rings (SSSR count). The van der Waals surface area contributed by atoms with Gasteiger partial charge in [-0.05, 0) is 25.7 Å². The van der Waals surface area contributed by atoms with E-state index in [-0.39, 0.29) is 29.9 Å². The zero-order chi connectivity index (χ0) is 18.5. The van der Waals surface area contributed by atoms with Crippen molar-refractivity contribution in [2.45, 2.75) is 65.3 Å². The predicted molar refractivity (Wildman–Crippen MR) is 120 cm³/mol. The van der Waals surface area contributed by atoms with Crippen LogP contribution in [0.1, 0.15) is 69.5 Å². The second kappa shape index (κ2) is 15.2. The number of carbonyl (C=O) groups excluding carboxylic acids is 1. The summed E-state index contributed by atoms with van der Waals surface area (Å²) in [6, 6.07) is 0. The molecule has 0 aromatic carbocycles. The van der Waals surface area contributed by atoms with Gasteiger partial charge in [-0.15, -0.1) is 35.3 Å². The standard InChI is InChI=1S/C18H32N4O2S.HI/c1-5-19-18(20-11-9-7-6-8-10-17(23)24-4)21-12-16-22-15(13-25-16)14(2)3;/h13-14H,5-12H2,1-4H3,(H2,19,20,21);1H. The zero-order valence-corrected chi connectivity index (χ0v) is 19.5. The summed E-state index contributed by atoms with van der Waals surface area (Å²) in [7, 11) is 1.43. The summed E-state index contributed by atoms with van der Waals surface area (Å²) in [6.07, 6.45) is 4.60. The lowest BCUT2D eigenvalue weighted by Gasteiger charge is -2.10. The third kappa shape index (κ3) is 10.9. The number of nitrogens with one attached hydrogen (secondary N) is 2. The van der Waals surface area contributed by atoms with Crippen molar-refractivity contribution in [2.24, 2.45) is 4.99 Å². The first-order chi connectivity index (χ1) is 12.1. The number of nitrogens with zero attached hydrogens (tertiary/aromatic N) is 2. The van der Waals surface area contributed by atoms with E-state index in [2.05, 4.69) is 51.5 Å². The molecule has 150 valence electrons. The van der Waals surface area contributed by atoms with Crippen LogP contribution in [0.25, 0.3) is 0 Å². The molecule has 8 heteroatoms. The molecule has 0 fully saturated rings. The normalized spacial score (nSPS) is 11.2. The third-order valence-corrected chi connectivity index (χ3v) is 4.56. The molecule has 1 heterocycles. The number of hydrogen-bond donors (Lipinski definition) is 2.